The standard InChI is InChI=1S/3BrH.Lu/h3*1H;/q;;;+3/p-3. The Bertz CT molecular complexity index is 8.00. The summed E-state index contributed by atoms with van der Waals surface area (Å²) in [5, 5.41) is 0. The Morgan fingerprint density at radius 3 is 1.00 bits per heavy atom. The molecule has 0 fully saturated rings. The third kappa shape index (κ3) is 8.82. The molecule has 0 radical (unpaired) electrons. The van der Waals surface area contributed by atoms with Crippen molar-refractivity contribution in [1.82, 2.24) is 0 Å². The van der Waals surface area contributed by atoms with Crippen molar-refractivity contribution in [3.8, 4) is 0 Å². The second-order valence-electron chi connectivity index (χ2n) is 0.111. The Morgan fingerprint density at radius 1 is 1.00 bits per heavy atom. The molecule has 0 amide bonds. The molecule has 0 atom stereocenters. The average Bonchev–Trinajstić information content (AvgIpc) is 0.811. The van der Waals surface area contributed by atoms with Gasteiger partial charge in [0.2, 0.25) is 0 Å². The molecule has 0 saturated carbocycles. The van der Waals surface area contributed by atoms with Gasteiger partial charge < -0.3 is 0 Å². The Hall–Kier alpha value is 2.67. The van der Waals surface area contributed by atoms with E-state index in [0.717, 1.165) is 0 Å². The minimum absolute atomic E-state index is 0.507. The zero-order valence-corrected chi connectivity index (χ0v) is 7.81. The van der Waals surface area contributed by atoms with Crippen LogP contribution in [0.1, 0.15) is 0 Å². The third-order valence-corrected chi connectivity index (χ3v) is 0. The van der Waals surface area contributed by atoms with E-state index in [2.05, 4.69) is 29.7 Å². The second kappa shape index (κ2) is 3.85. The van der Waals surface area contributed by atoms with E-state index in [1.165, 1.54) is 0 Å². The van der Waals surface area contributed by atoms with E-state index in [1.807, 2.05) is 0 Å². The van der Waals surface area contributed by atoms with Crippen molar-refractivity contribution >= 4 is 29.7 Å². The molecule has 0 nitrogen and oxygen atoms in total. The van der Waals surface area contributed by atoms with Crippen LogP contribution >= 0.6 is 29.7 Å². The van der Waals surface area contributed by atoms with E-state index in [9.17, 15) is 0 Å². The predicted octanol–water partition coefficient (Wildman–Crippen LogP) is 2.54. The molecule has 0 saturated heterocycles. The normalized spacial score (nSPS) is 11.2. The monoisotopic (exact) mass is 412 g/mol. The zero-order chi connectivity index (χ0) is 3.58. The summed E-state index contributed by atoms with van der Waals surface area (Å²) in [4.78, 5) is 0. The summed E-state index contributed by atoms with van der Waals surface area (Å²) in [6.07, 6.45) is 0. The van der Waals surface area contributed by atoms with E-state index in [1.54, 1.807) is 0 Å². The maximum absolute atomic E-state index is 3.22. The van der Waals surface area contributed by atoms with Gasteiger partial charge in [0.25, 0.3) is 0 Å². The molecule has 4 heteroatoms. The van der Waals surface area contributed by atoms with Gasteiger partial charge in [0.15, 0.2) is 0 Å². The summed E-state index contributed by atoms with van der Waals surface area (Å²) >= 11 is -0.507. The summed E-state index contributed by atoms with van der Waals surface area (Å²) in [7, 11) is 9.65. The van der Waals surface area contributed by atoms with Crippen LogP contribution in [0, 0.1) is 22.4 Å². The zero-order valence-electron chi connectivity index (χ0n) is 1.39. The summed E-state index contributed by atoms with van der Waals surface area (Å²) in [5.74, 6) is 0. The Balaban J connectivity index is 2.32. The van der Waals surface area contributed by atoms with Crippen molar-refractivity contribution in [2.75, 3.05) is 0 Å². The molecule has 0 aliphatic rings. The van der Waals surface area contributed by atoms with Crippen molar-refractivity contribution in [2.45, 2.75) is 0 Å². The summed E-state index contributed by atoms with van der Waals surface area (Å²) in [6, 6.07) is 0. The van der Waals surface area contributed by atoms with Gasteiger partial charge in [-0.05, 0) is 0 Å². The summed E-state index contributed by atoms with van der Waals surface area (Å²) in [6.45, 7) is 0. The first-order valence-electron chi connectivity index (χ1n) is 0.293. The van der Waals surface area contributed by atoms with E-state index < -0.39 is 22.4 Å². The van der Waals surface area contributed by atoms with Gasteiger partial charge in [-0.25, -0.2) is 0 Å². The predicted molar refractivity (Wildman–Crippen MR) is 26.8 cm³/mol. The fourth-order valence-corrected chi connectivity index (χ4v) is 0. The van der Waals surface area contributed by atoms with Crippen LogP contribution in [0.5, 0.6) is 0 Å². The second-order valence-corrected chi connectivity index (χ2v) is 22.2. The summed E-state index contributed by atoms with van der Waals surface area (Å²) in [5.41, 5.74) is 0. The first-order valence-corrected chi connectivity index (χ1v) is 11.3. The van der Waals surface area contributed by atoms with Crippen molar-refractivity contribution in [2.24, 2.45) is 0 Å². The molecule has 0 N–H and O–H groups in total. The first kappa shape index (κ1) is 6.67. The van der Waals surface area contributed by atoms with Gasteiger partial charge in [-0.1, -0.05) is 0 Å². The number of hydrogen-bond donors (Lipinski definition) is 0. The summed E-state index contributed by atoms with van der Waals surface area (Å²) < 4.78 is 0. The fourth-order valence-electron chi connectivity index (χ4n) is 0. The van der Waals surface area contributed by atoms with Gasteiger partial charge >= 0.3 is 52.1 Å². The fraction of sp³-hybridized carbons (Fsp3) is 0. The van der Waals surface area contributed by atoms with Crippen LogP contribution in [0.2, 0.25) is 0 Å². The topological polar surface area (TPSA) is 0 Å². The molecular weight excluding hydrogens is 415 g/mol. The molecule has 4 heavy (non-hydrogen) atoms. The SMILES string of the molecule is [Br][Lu]([Br])[Br]. The van der Waals surface area contributed by atoms with Crippen LogP contribution in [0.3, 0.4) is 0 Å². The van der Waals surface area contributed by atoms with Crippen LogP contribution < -0.4 is 0 Å². The van der Waals surface area contributed by atoms with Crippen LogP contribution in [-0.4, -0.2) is 0 Å². The molecule has 0 unspecified atom stereocenters. The van der Waals surface area contributed by atoms with E-state index >= 15 is 0 Å². The van der Waals surface area contributed by atoms with Crippen molar-refractivity contribution in [3.05, 3.63) is 0 Å². The first-order chi connectivity index (χ1) is 1.73. The molecule has 0 aromatic heterocycles. The Kier molecular flexibility index (Phi) is 6.42. The molecule has 0 rings (SSSR count). The molecule has 0 spiro atoms. The molecule has 0 aromatic rings. The van der Waals surface area contributed by atoms with Crippen LogP contribution in [0.15, 0.2) is 0 Å². The van der Waals surface area contributed by atoms with Crippen molar-refractivity contribution < 1.29 is 22.4 Å². The van der Waals surface area contributed by atoms with Crippen LogP contribution in [0.4, 0.5) is 0 Å². The molecule has 0 bridgehead atoms. The van der Waals surface area contributed by atoms with Gasteiger partial charge in [-0.2, -0.15) is 0 Å². The molecule has 0 aliphatic heterocycles. The molecule has 36 valence electrons. The quantitative estimate of drug-likeness (QED) is 0.571. The van der Waals surface area contributed by atoms with Gasteiger partial charge in [0, 0.05) is 0 Å². The molecule has 0 aromatic carbocycles. The van der Waals surface area contributed by atoms with Crippen molar-refractivity contribution in [3.63, 3.8) is 0 Å². The molecule has 0 heterocycles. The van der Waals surface area contributed by atoms with E-state index in [4.69, 9.17) is 0 Å². The van der Waals surface area contributed by atoms with Gasteiger partial charge in [-0.3, -0.25) is 0 Å². The number of halogens is 3. The van der Waals surface area contributed by atoms with Crippen LogP contribution in [0.25, 0.3) is 0 Å². The average molecular weight is 415 g/mol. The number of rotatable bonds is 0. The third-order valence-electron chi connectivity index (χ3n) is 0. The number of hydrogen-bond acceptors (Lipinski definition) is 0. The maximum atomic E-state index is 3.22. The van der Waals surface area contributed by atoms with Crippen molar-refractivity contribution in [1.29, 1.82) is 0 Å². The van der Waals surface area contributed by atoms with Crippen LogP contribution in [-0.2, 0) is 0 Å². The van der Waals surface area contributed by atoms with Gasteiger partial charge in [0.1, 0.15) is 0 Å². The van der Waals surface area contributed by atoms with Gasteiger partial charge in [0.05, 0.1) is 0 Å². The van der Waals surface area contributed by atoms with Gasteiger partial charge in [-0.15, -0.1) is 0 Å². The molecule has 0 aliphatic carbocycles. The minimum atomic E-state index is -0.507. The molecular formula is Br3Lu. The Labute approximate surface area is 50.5 Å². The Morgan fingerprint density at radius 2 is 1.00 bits per heavy atom. The van der Waals surface area contributed by atoms with E-state index in [0.29, 0.717) is 0 Å². The van der Waals surface area contributed by atoms with E-state index in [-0.39, 0.29) is 0 Å².